The Morgan fingerprint density at radius 2 is 2.18 bits per heavy atom. The van der Waals surface area contributed by atoms with Crippen LogP contribution < -0.4 is 10.6 Å². The molecule has 0 aliphatic carbocycles. The molecule has 2 rings (SSSR count). The second-order valence-electron chi connectivity index (χ2n) is 2.26. The number of hydrogen-bond donors (Lipinski definition) is 2. The quantitative estimate of drug-likeness (QED) is 0.584. The lowest BCUT2D eigenvalue weighted by Crippen LogP contribution is -2.19. The number of hydrogen-bond acceptors (Lipinski definition) is 4. The Morgan fingerprint density at radius 1 is 1.36 bits per heavy atom. The van der Waals surface area contributed by atoms with Crippen LogP contribution >= 0.6 is 24.2 Å². The molecule has 0 radical (unpaired) electrons. The van der Waals surface area contributed by atoms with Crippen molar-refractivity contribution >= 4 is 30.0 Å². The summed E-state index contributed by atoms with van der Waals surface area (Å²) in [5.74, 6) is 1.17. The highest BCUT2D eigenvalue weighted by Crippen LogP contribution is 2.25. The number of rotatable bonds is 0. The summed E-state index contributed by atoms with van der Waals surface area (Å²) in [5.41, 5.74) is 0.802. The molecule has 0 aromatic rings. The van der Waals surface area contributed by atoms with Gasteiger partial charge in [-0.3, -0.25) is 4.79 Å². The van der Waals surface area contributed by atoms with Gasteiger partial charge in [-0.15, -0.1) is 24.2 Å². The van der Waals surface area contributed by atoms with Crippen LogP contribution in [0, 0.1) is 0 Å². The highest BCUT2D eigenvalue weighted by Gasteiger charge is 2.24. The number of allylic oxidation sites excluding steroid dienone is 1. The Kier molecular flexibility index (Phi) is 2.67. The van der Waals surface area contributed by atoms with E-state index >= 15 is 0 Å². The first-order valence-corrected chi connectivity index (χ1v) is 4.24. The molecule has 0 saturated heterocycles. The first-order valence-electron chi connectivity index (χ1n) is 3.26. The van der Waals surface area contributed by atoms with Crippen molar-refractivity contribution in [3.8, 4) is 0 Å². The van der Waals surface area contributed by atoms with Gasteiger partial charge in [-0.1, -0.05) is 0 Å². The van der Waals surface area contributed by atoms with Gasteiger partial charge in [-0.25, -0.2) is 0 Å². The molecule has 0 aromatic heterocycles. The fourth-order valence-electron chi connectivity index (χ4n) is 1.10. The van der Waals surface area contributed by atoms with Crippen LogP contribution in [0.1, 0.15) is 6.42 Å². The maximum absolute atomic E-state index is 11.1. The first-order chi connectivity index (χ1) is 4.88. The third-order valence-electron chi connectivity index (χ3n) is 1.60. The van der Waals surface area contributed by atoms with Crippen molar-refractivity contribution < 1.29 is 4.79 Å². The largest absolute Gasteiger partial charge is 0.363 e. The van der Waals surface area contributed by atoms with Gasteiger partial charge in [-0.05, 0) is 0 Å². The van der Waals surface area contributed by atoms with Gasteiger partial charge in [0.2, 0.25) is 0 Å². The van der Waals surface area contributed by atoms with Crippen molar-refractivity contribution in [2.75, 3.05) is 12.4 Å². The third-order valence-corrected chi connectivity index (χ3v) is 2.64. The average Bonchev–Trinajstić information content (AvgIpc) is 2.36. The van der Waals surface area contributed by atoms with Crippen LogP contribution in [0.2, 0.25) is 0 Å². The van der Waals surface area contributed by atoms with E-state index in [1.165, 1.54) is 0 Å². The van der Waals surface area contributed by atoms with E-state index in [2.05, 4.69) is 10.6 Å². The molecule has 0 amide bonds. The number of thioether (sulfide) groups is 1. The van der Waals surface area contributed by atoms with Gasteiger partial charge in [0.25, 0.3) is 0 Å². The van der Waals surface area contributed by atoms with E-state index in [0.717, 1.165) is 16.5 Å². The molecule has 2 aliphatic rings. The van der Waals surface area contributed by atoms with Gasteiger partial charge >= 0.3 is 0 Å². The number of ketones is 1. The van der Waals surface area contributed by atoms with Crippen molar-refractivity contribution in [1.29, 1.82) is 0 Å². The molecule has 0 saturated carbocycles. The van der Waals surface area contributed by atoms with Crippen molar-refractivity contribution in [3.63, 3.8) is 0 Å². The molecule has 62 valence electrons. The zero-order valence-corrected chi connectivity index (χ0v) is 7.48. The van der Waals surface area contributed by atoms with E-state index in [1.54, 1.807) is 11.8 Å². The fourth-order valence-corrected chi connectivity index (χ4v) is 2.10. The lowest BCUT2D eigenvalue weighted by molar-refractivity contribution is -0.115. The van der Waals surface area contributed by atoms with Crippen LogP contribution in [0.25, 0.3) is 0 Å². The van der Waals surface area contributed by atoms with Crippen LogP contribution in [0.15, 0.2) is 10.7 Å². The molecule has 11 heavy (non-hydrogen) atoms. The molecule has 0 aromatic carbocycles. The lowest BCUT2D eigenvalue weighted by Gasteiger charge is -2.09. The molecule has 0 spiro atoms. The zero-order chi connectivity index (χ0) is 6.97. The van der Waals surface area contributed by atoms with E-state index in [-0.39, 0.29) is 18.2 Å². The molecule has 0 unspecified atom stereocenters. The second kappa shape index (κ2) is 3.36. The van der Waals surface area contributed by atoms with Gasteiger partial charge in [0, 0.05) is 12.2 Å². The van der Waals surface area contributed by atoms with Crippen molar-refractivity contribution in [2.24, 2.45) is 0 Å². The monoisotopic (exact) mass is 192 g/mol. The van der Waals surface area contributed by atoms with Crippen LogP contribution in [0.5, 0.6) is 0 Å². The SMILES string of the molecule is Cl.O=C1CCSC2=C1NCN2. The molecular weight excluding hydrogens is 184 g/mol. The molecule has 2 N–H and O–H groups in total. The average molecular weight is 193 g/mol. The summed E-state index contributed by atoms with van der Waals surface area (Å²) < 4.78 is 0. The Labute approximate surface area is 75.4 Å². The summed E-state index contributed by atoms with van der Waals surface area (Å²) in [5, 5.41) is 7.14. The molecule has 0 atom stereocenters. The topological polar surface area (TPSA) is 41.1 Å². The molecule has 0 fully saturated rings. The number of carbonyl (C=O) groups excluding carboxylic acids is 1. The summed E-state index contributed by atoms with van der Waals surface area (Å²) in [7, 11) is 0. The van der Waals surface area contributed by atoms with Crippen molar-refractivity contribution in [3.05, 3.63) is 10.7 Å². The zero-order valence-electron chi connectivity index (χ0n) is 5.85. The minimum atomic E-state index is 0. The molecular formula is C6H9ClN2OS. The highest BCUT2D eigenvalue weighted by molar-refractivity contribution is 8.03. The minimum absolute atomic E-state index is 0. The standard InChI is InChI=1S/C6H8N2OS.ClH/c9-4-1-2-10-6-5(4)7-3-8-6;/h7-8H,1-3H2;1H. The Hall–Kier alpha value is -0.350. The summed E-state index contributed by atoms with van der Waals surface area (Å²) >= 11 is 1.72. The normalized spacial score (nSPS) is 21.6. The van der Waals surface area contributed by atoms with Crippen LogP contribution in [-0.2, 0) is 4.79 Å². The van der Waals surface area contributed by atoms with E-state index in [0.29, 0.717) is 13.1 Å². The number of Topliss-reactive ketones (excluding diaryl/α,β-unsaturated/α-hetero) is 1. The summed E-state index contributed by atoms with van der Waals surface area (Å²) in [6, 6.07) is 0. The smallest absolute Gasteiger partial charge is 0.182 e. The molecule has 0 bridgehead atoms. The second-order valence-corrected chi connectivity index (χ2v) is 3.36. The Balaban J connectivity index is 0.000000605. The summed E-state index contributed by atoms with van der Waals surface area (Å²) in [6.45, 7) is 0.712. The van der Waals surface area contributed by atoms with E-state index < -0.39 is 0 Å². The number of halogens is 1. The molecule has 5 heteroatoms. The van der Waals surface area contributed by atoms with Gasteiger partial charge in [-0.2, -0.15) is 0 Å². The highest BCUT2D eigenvalue weighted by atomic mass is 35.5. The molecule has 2 heterocycles. The minimum Gasteiger partial charge on any atom is -0.363 e. The van der Waals surface area contributed by atoms with E-state index in [4.69, 9.17) is 0 Å². The van der Waals surface area contributed by atoms with E-state index in [1.807, 2.05) is 0 Å². The van der Waals surface area contributed by atoms with Crippen LogP contribution in [0.3, 0.4) is 0 Å². The van der Waals surface area contributed by atoms with E-state index in [9.17, 15) is 4.79 Å². The maximum atomic E-state index is 11.1. The fraction of sp³-hybridized carbons (Fsp3) is 0.500. The third kappa shape index (κ3) is 1.46. The van der Waals surface area contributed by atoms with Gasteiger partial charge in [0.05, 0.1) is 11.7 Å². The van der Waals surface area contributed by atoms with Crippen LogP contribution in [0.4, 0.5) is 0 Å². The predicted molar refractivity (Wildman–Crippen MR) is 47.5 cm³/mol. The number of carbonyl (C=O) groups is 1. The summed E-state index contributed by atoms with van der Waals surface area (Å²) in [4.78, 5) is 11.1. The molecule has 3 nitrogen and oxygen atoms in total. The summed E-state index contributed by atoms with van der Waals surface area (Å²) in [6.07, 6.45) is 0.679. The Morgan fingerprint density at radius 3 is 2.91 bits per heavy atom. The predicted octanol–water partition coefficient (Wildman–Crippen LogP) is 0.434. The lowest BCUT2D eigenvalue weighted by atomic mass is 10.2. The first kappa shape index (κ1) is 8.74. The Bertz CT molecular complexity index is 217. The number of nitrogens with one attached hydrogen (secondary N) is 2. The maximum Gasteiger partial charge on any atom is 0.182 e. The van der Waals surface area contributed by atoms with Gasteiger partial charge in [0.15, 0.2) is 5.78 Å². The van der Waals surface area contributed by atoms with Crippen LogP contribution in [-0.4, -0.2) is 18.2 Å². The van der Waals surface area contributed by atoms with Gasteiger partial charge in [0.1, 0.15) is 5.70 Å². The van der Waals surface area contributed by atoms with Gasteiger partial charge < -0.3 is 10.6 Å². The molecule has 2 aliphatic heterocycles. The van der Waals surface area contributed by atoms with Crippen molar-refractivity contribution in [2.45, 2.75) is 6.42 Å². The van der Waals surface area contributed by atoms with Crippen molar-refractivity contribution in [1.82, 2.24) is 10.6 Å².